The van der Waals surface area contributed by atoms with Crippen molar-refractivity contribution in [3.8, 4) is 5.75 Å². The number of unbranched alkanes of at least 4 members (excludes halogenated alkanes) is 1. The molecule has 13 nitrogen and oxygen atoms in total. The molecule has 4 unspecified atom stereocenters. The van der Waals surface area contributed by atoms with Crippen LogP contribution in [0.3, 0.4) is 0 Å². The summed E-state index contributed by atoms with van der Waals surface area (Å²) in [6, 6.07) is 2.03. The molecule has 0 saturated carbocycles. The van der Waals surface area contributed by atoms with E-state index < -0.39 is 47.9 Å². The third-order valence-electron chi connectivity index (χ3n) is 6.15. The number of imidazole rings is 1. The standard InChI is InChI=1S/C26H39N7O6S/c1-40-11-9-21(26(38)39)32-24(36)20(4-2-3-10-27)31-25(37)22(13-17-14-29-15-30-17)33-23(35)19(28)12-16-5-7-18(34)8-6-16/h5-8,14-15,19-22,34H,2-4,9-13,27-28H2,1H3,(H,29,30)(H,31,37)(H,32,36)(H,33,35)(H,38,39). The number of hydrogen-bond acceptors (Lipinski definition) is 9. The maximum absolute atomic E-state index is 13.4. The minimum Gasteiger partial charge on any atom is -0.508 e. The Morgan fingerprint density at radius 1 is 0.950 bits per heavy atom. The highest BCUT2D eigenvalue weighted by Gasteiger charge is 2.30. The second-order valence-electron chi connectivity index (χ2n) is 9.35. The van der Waals surface area contributed by atoms with Crippen molar-refractivity contribution in [2.45, 2.75) is 62.7 Å². The normalized spacial score (nSPS) is 14.0. The summed E-state index contributed by atoms with van der Waals surface area (Å²) in [5, 5.41) is 26.9. The summed E-state index contributed by atoms with van der Waals surface area (Å²) in [7, 11) is 0. The lowest BCUT2D eigenvalue weighted by Crippen LogP contribution is -2.57. The number of phenolic OH excluding ortho intramolecular Hbond substituents is 1. The molecule has 2 rings (SSSR count). The number of nitrogens with two attached hydrogens (primary N) is 2. The number of carboxylic acid groups (broad SMARTS) is 1. The van der Waals surface area contributed by atoms with E-state index >= 15 is 0 Å². The van der Waals surface area contributed by atoms with Gasteiger partial charge in [0.2, 0.25) is 17.7 Å². The van der Waals surface area contributed by atoms with E-state index in [-0.39, 0.29) is 31.4 Å². The lowest BCUT2D eigenvalue weighted by atomic mass is 10.0. The van der Waals surface area contributed by atoms with Crippen molar-refractivity contribution in [3.63, 3.8) is 0 Å². The molecule has 0 bridgehead atoms. The molecule has 2 aromatic rings. The second kappa shape index (κ2) is 17.2. The molecule has 1 aromatic heterocycles. The van der Waals surface area contributed by atoms with Gasteiger partial charge in [-0.1, -0.05) is 12.1 Å². The predicted octanol–water partition coefficient (Wildman–Crippen LogP) is -0.351. The summed E-state index contributed by atoms with van der Waals surface area (Å²) in [6.45, 7) is 0.394. The van der Waals surface area contributed by atoms with Crippen molar-refractivity contribution < 1.29 is 29.4 Å². The van der Waals surface area contributed by atoms with Crippen LogP contribution in [0.15, 0.2) is 36.8 Å². The Hall–Kier alpha value is -3.62. The van der Waals surface area contributed by atoms with Crippen LogP contribution in [0, 0.1) is 0 Å². The number of aliphatic carboxylic acids is 1. The van der Waals surface area contributed by atoms with E-state index in [0.717, 1.165) is 5.56 Å². The van der Waals surface area contributed by atoms with Gasteiger partial charge in [0.15, 0.2) is 0 Å². The van der Waals surface area contributed by atoms with Crippen LogP contribution >= 0.6 is 11.8 Å². The fourth-order valence-electron chi connectivity index (χ4n) is 3.88. The number of carbonyl (C=O) groups excluding carboxylic acids is 3. The van der Waals surface area contributed by atoms with Gasteiger partial charge in [0.25, 0.3) is 0 Å². The van der Waals surface area contributed by atoms with Crippen LogP contribution in [0.25, 0.3) is 0 Å². The van der Waals surface area contributed by atoms with Gasteiger partial charge in [0, 0.05) is 18.3 Å². The van der Waals surface area contributed by atoms with Crippen LogP contribution in [0.1, 0.15) is 36.9 Å². The van der Waals surface area contributed by atoms with Crippen LogP contribution in [0.5, 0.6) is 5.75 Å². The highest BCUT2D eigenvalue weighted by Crippen LogP contribution is 2.11. The van der Waals surface area contributed by atoms with Gasteiger partial charge in [-0.05, 0) is 68.4 Å². The summed E-state index contributed by atoms with van der Waals surface area (Å²) in [6.07, 6.45) is 6.58. The number of thioether (sulfide) groups is 1. The molecule has 3 amide bonds. The molecule has 0 aliphatic carbocycles. The van der Waals surface area contributed by atoms with E-state index in [9.17, 15) is 29.4 Å². The van der Waals surface area contributed by atoms with E-state index in [4.69, 9.17) is 11.5 Å². The Kier molecular flexibility index (Phi) is 14.0. The van der Waals surface area contributed by atoms with Gasteiger partial charge in [-0.25, -0.2) is 9.78 Å². The number of aromatic amines is 1. The number of rotatable bonds is 18. The average molecular weight is 578 g/mol. The van der Waals surface area contributed by atoms with Crippen LogP contribution in [-0.4, -0.2) is 86.6 Å². The van der Waals surface area contributed by atoms with Crippen LogP contribution in [0.2, 0.25) is 0 Å². The molecular formula is C26H39N7O6S. The highest BCUT2D eigenvalue weighted by atomic mass is 32.2. The van der Waals surface area contributed by atoms with Gasteiger partial charge < -0.3 is 42.6 Å². The quantitative estimate of drug-likeness (QED) is 0.107. The molecule has 0 saturated heterocycles. The predicted molar refractivity (Wildman–Crippen MR) is 151 cm³/mol. The van der Waals surface area contributed by atoms with Crippen molar-refractivity contribution in [2.24, 2.45) is 11.5 Å². The summed E-state index contributed by atoms with van der Waals surface area (Å²) in [5.74, 6) is -2.40. The zero-order valence-corrected chi connectivity index (χ0v) is 23.3. The molecule has 4 atom stereocenters. The summed E-state index contributed by atoms with van der Waals surface area (Å²) >= 11 is 1.46. The lowest BCUT2D eigenvalue weighted by Gasteiger charge is -2.25. The van der Waals surface area contributed by atoms with Crippen molar-refractivity contribution in [2.75, 3.05) is 18.6 Å². The Balaban J connectivity index is 2.16. The number of carbonyl (C=O) groups is 4. The first kappa shape index (κ1) is 32.6. The SMILES string of the molecule is CSCCC(NC(=O)C(CCCCN)NC(=O)C(Cc1cnc[nH]1)NC(=O)C(N)Cc1ccc(O)cc1)C(=O)O. The van der Waals surface area contributed by atoms with E-state index in [1.165, 1.54) is 36.4 Å². The largest absolute Gasteiger partial charge is 0.508 e. The Morgan fingerprint density at radius 2 is 1.60 bits per heavy atom. The molecule has 14 heteroatoms. The highest BCUT2D eigenvalue weighted by molar-refractivity contribution is 7.98. The number of hydrogen-bond donors (Lipinski definition) is 8. The van der Waals surface area contributed by atoms with E-state index in [1.54, 1.807) is 12.1 Å². The first-order valence-corrected chi connectivity index (χ1v) is 14.4. The summed E-state index contributed by atoms with van der Waals surface area (Å²) < 4.78 is 0. The second-order valence-corrected chi connectivity index (χ2v) is 10.3. The fourth-order valence-corrected chi connectivity index (χ4v) is 4.35. The molecular weight excluding hydrogens is 538 g/mol. The van der Waals surface area contributed by atoms with E-state index in [2.05, 4.69) is 25.9 Å². The number of amides is 3. The van der Waals surface area contributed by atoms with Gasteiger partial charge in [0.05, 0.1) is 12.4 Å². The Morgan fingerprint density at radius 3 is 2.20 bits per heavy atom. The fraction of sp³-hybridized carbons (Fsp3) is 0.500. The molecule has 0 fully saturated rings. The molecule has 0 aliphatic rings. The number of nitrogens with zero attached hydrogens (tertiary/aromatic N) is 1. The number of benzene rings is 1. The van der Waals surface area contributed by atoms with Gasteiger partial charge in [-0.2, -0.15) is 11.8 Å². The minimum absolute atomic E-state index is 0.0477. The molecule has 40 heavy (non-hydrogen) atoms. The zero-order valence-electron chi connectivity index (χ0n) is 22.5. The number of phenols is 1. The number of carboxylic acids is 1. The Bertz CT molecular complexity index is 1080. The van der Waals surface area contributed by atoms with Crippen molar-refractivity contribution in [1.29, 1.82) is 0 Å². The Labute approximate surface area is 237 Å². The number of H-pyrrole nitrogens is 1. The smallest absolute Gasteiger partial charge is 0.326 e. The maximum Gasteiger partial charge on any atom is 0.326 e. The number of aromatic hydroxyl groups is 1. The van der Waals surface area contributed by atoms with Crippen molar-refractivity contribution in [3.05, 3.63) is 48.0 Å². The molecule has 1 aromatic carbocycles. The third-order valence-corrected chi connectivity index (χ3v) is 6.79. The van der Waals surface area contributed by atoms with Crippen LogP contribution in [0.4, 0.5) is 0 Å². The molecule has 10 N–H and O–H groups in total. The molecule has 1 heterocycles. The van der Waals surface area contributed by atoms with Crippen LogP contribution in [-0.2, 0) is 32.0 Å². The number of nitrogens with one attached hydrogen (secondary N) is 4. The third kappa shape index (κ3) is 11.2. The van der Waals surface area contributed by atoms with Crippen LogP contribution < -0.4 is 27.4 Å². The first-order valence-electron chi connectivity index (χ1n) is 13.0. The molecule has 220 valence electrons. The van der Waals surface area contributed by atoms with Gasteiger partial charge >= 0.3 is 5.97 Å². The molecule has 0 radical (unpaired) electrons. The van der Waals surface area contributed by atoms with Gasteiger partial charge in [-0.3, -0.25) is 14.4 Å². The summed E-state index contributed by atoms with van der Waals surface area (Å²) in [5.41, 5.74) is 13.0. The minimum atomic E-state index is -1.17. The number of aromatic nitrogens is 2. The maximum atomic E-state index is 13.4. The molecule has 0 aliphatic heterocycles. The van der Waals surface area contributed by atoms with E-state index in [1.807, 2.05) is 6.26 Å². The monoisotopic (exact) mass is 577 g/mol. The van der Waals surface area contributed by atoms with Crippen molar-refractivity contribution >= 4 is 35.5 Å². The average Bonchev–Trinajstić information content (AvgIpc) is 3.44. The summed E-state index contributed by atoms with van der Waals surface area (Å²) in [4.78, 5) is 57.9. The topological polar surface area (TPSA) is 226 Å². The lowest BCUT2D eigenvalue weighted by molar-refractivity contribution is -0.142. The molecule has 0 spiro atoms. The zero-order chi connectivity index (χ0) is 29.5. The van der Waals surface area contributed by atoms with Crippen molar-refractivity contribution in [1.82, 2.24) is 25.9 Å². The van der Waals surface area contributed by atoms with Gasteiger partial charge in [0.1, 0.15) is 23.9 Å². The van der Waals surface area contributed by atoms with E-state index in [0.29, 0.717) is 30.8 Å². The first-order chi connectivity index (χ1) is 19.1. The van der Waals surface area contributed by atoms with Gasteiger partial charge in [-0.15, -0.1) is 0 Å².